The van der Waals surface area contributed by atoms with E-state index in [9.17, 15) is 0 Å². The summed E-state index contributed by atoms with van der Waals surface area (Å²) in [6, 6.07) is 2.05. The molecule has 0 unspecified atom stereocenters. The molecule has 0 fully saturated rings. The maximum absolute atomic E-state index is 5.69. The van der Waals surface area contributed by atoms with Gasteiger partial charge in [0.2, 0.25) is 0 Å². The first-order valence-corrected chi connectivity index (χ1v) is 5.26. The van der Waals surface area contributed by atoms with Gasteiger partial charge in [0.1, 0.15) is 11.3 Å². The van der Waals surface area contributed by atoms with E-state index < -0.39 is 0 Å². The van der Waals surface area contributed by atoms with Crippen molar-refractivity contribution in [2.24, 2.45) is 0 Å². The van der Waals surface area contributed by atoms with E-state index in [0.717, 1.165) is 22.4 Å². The Morgan fingerprint density at radius 2 is 1.87 bits per heavy atom. The van der Waals surface area contributed by atoms with Crippen molar-refractivity contribution >= 4 is 11.0 Å². The molecule has 0 aliphatic carbocycles. The lowest BCUT2D eigenvalue weighted by Gasteiger charge is -2.16. The monoisotopic (exact) mass is 203 g/mol. The van der Waals surface area contributed by atoms with Gasteiger partial charge in [-0.3, -0.25) is 4.98 Å². The highest BCUT2D eigenvalue weighted by molar-refractivity contribution is 5.81. The zero-order chi connectivity index (χ0) is 11.2. The number of nitrogens with zero attached hydrogens (tertiary/aromatic N) is 1. The molecule has 0 saturated heterocycles. The Bertz CT molecular complexity index is 503. The highest BCUT2D eigenvalue weighted by Gasteiger charge is 2.17. The van der Waals surface area contributed by atoms with Crippen molar-refractivity contribution in [2.45, 2.75) is 40.0 Å². The summed E-state index contributed by atoms with van der Waals surface area (Å²) in [5, 5.41) is 1.13. The molecule has 0 atom stereocenters. The normalized spacial score (nSPS) is 12.3. The molecule has 0 spiro atoms. The summed E-state index contributed by atoms with van der Waals surface area (Å²) < 4.78 is 5.69. The van der Waals surface area contributed by atoms with E-state index in [4.69, 9.17) is 4.42 Å². The van der Waals surface area contributed by atoms with Gasteiger partial charge in [0.25, 0.3) is 0 Å². The molecule has 0 saturated carbocycles. The van der Waals surface area contributed by atoms with Crippen molar-refractivity contribution < 1.29 is 4.42 Å². The lowest BCUT2D eigenvalue weighted by Crippen LogP contribution is -2.12. The van der Waals surface area contributed by atoms with Crippen LogP contribution in [0.5, 0.6) is 0 Å². The van der Waals surface area contributed by atoms with E-state index in [2.05, 4.69) is 38.7 Å². The number of hydrogen-bond donors (Lipinski definition) is 0. The van der Waals surface area contributed by atoms with E-state index in [0.29, 0.717) is 0 Å². The Labute approximate surface area is 90.3 Å². The first-order valence-electron chi connectivity index (χ1n) is 5.26. The quantitative estimate of drug-likeness (QED) is 0.651. The number of aromatic nitrogens is 1. The Balaban J connectivity index is 2.67. The van der Waals surface area contributed by atoms with Crippen molar-refractivity contribution in [3.8, 4) is 0 Å². The van der Waals surface area contributed by atoms with Crippen LogP contribution in [0.4, 0.5) is 0 Å². The minimum Gasteiger partial charge on any atom is -0.461 e. The predicted molar refractivity (Wildman–Crippen MR) is 62.2 cm³/mol. The van der Waals surface area contributed by atoms with Gasteiger partial charge >= 0.3 is 0 Å². The van der Waals surface area contributed by atoms with Crippen molar-refractivity contribution in [1.29, 1.82) is 0 Å². The Morgan fingerprint density at radius 1 is 1.20 bits per heavy atom. The maximum Gasteiger partial charge on any atom is 0.137 e. The number of furan rings is 1. The standard InChI is InChI=1S/C13H17NO/c1-8-9(2)15-11-6-12(13(3,4)5)14-7-10(8)11/h6-7H,1-5H3. The molecule has 2 aromatic rings. The van der Waals surface area contributed by atoms with Gasteiger partial charge in [-0.1, -0.05) is 20.8 Å². The van der Waals surface area contributed by atoms with Gasteiger partial charge in [0.05, 0.1) is 0 Å². The number of fused-ring (bicyclic) bond motifs is 1. The van der Waals surface area contributed by atoms with Gasteiger partial charge in [-0.2, -0.15) is 0 Å². The van der Waals surface area contributed by atoms with E-state index >= 15 is 0 Å². The SMILES string of the molecule is Cc1oc2cc(C(C)(C)C)ncc2c1C. The van der Waals surface area contributed by atoms with Crippen molar-refractivity contribution in [1.82, 2.24) is 4.98 Å². The van der Waals surface area contributed by atoms with E-state index in [1.807, 2.05) is 13.1 Å². The molecule has 15 heavy (non-hydrogen) atoms. The van der Waals surface area contributed by atoms with Crippen LogP contribution in [0.25, 0.3) is 11.0 Å². The van der Waals surface area contributed by atoms with Crippen LogP contribution in [0, 0.1) is 13.8 Å². The van der Waals surface area contributed by atoms with Crippen molar-refractivity contribution in [3.63, 3.8) is 0 Å². The van der Waals surface area contributed by atoms with Gasteiger partial charge in [0, 0.05) is 28.8 Å². The van der Waals surface area contributed by atoms with Crippen LogP contribution < -0.4 is 0 Å². The van der Waals surface area contributed by atoms with E-state index in [1.54, 1.807) is 0 Å². The topological polar surface area (TPSA) is 26.0 Å². The van der Waals surface area contributed by atoms with Crippen LogP contribution in [0.1, 0.15) is 37.8 Å². The largest absolute Gasteiger partial charge is 0.461 e. The zero-order valence-corrected chi connectivity index (χ0v) is 10.0. The van der Waals surface area contributed by atoms with Gasteiger partial charge in [-0.05, 0) is 19.4 Å². The summed E-state index contributed by atoms with van der Waals surface area (Å²) in [5.41, 5.74) is 3.29. The second-order valence-electron chi connectivity index (χ2n) is 5.10. The molecule has 2 nitrogen and oxygen atoms in total. The highest BCUT2D eigenvalue weighted by atomic mass is 16.3. The molecule has 0 aliphatic heterocycles. The zero-order valence-electron chi connectivity index (χ0n) is 10.0. The first-order chi connectivity index (χ1) is 6.89. The van der Waals surface area contributed by atoms with E-state index in [1.165, 1.54) is 5.56 Å². The van der Waals surface area contributed by atoms with Crippen LogP contribution >= 0.6 is 0 Å². The summed E-state index contributed by atoms with van der Waals surface area (Å²) in [6.07, 6.45) is 1.92. The third-order valence-corrected chi connectivity index (χ3v) is 2.83. The highest BCUT2D eigenvalue weighted by Crippen LogP contribution is 2.28. The second-order valence-corrected chi connectivity index (χ2v) is 5.10. The molecule has 2 aromatic heterocycles. The average Bonchev–Trinajstić information content (AvgIpc) is 2.41. The number of rotatable bonds is 0. The summed E-state index contributed by atoms with van der Waals surface area (Å²) in [4.78, 5) is 4.49. The smallest absolute Gasteiger partial charge is 0.137 e. The Morgan fingerprint density at radius 3 is 2.47 bits per heavy atom. The number of aryl methyl sites for hydroxylation is 2. The van der Waals surface area contributed by atoms with Gasteiger partial charge < -0.3 is 4.42 Å². The fourth-order valence-electron chi connectivity index (χ4n) is 1.64. The van der Waals surface area contributed by atoms with Crippen molar-refractivity contribution in [2.75, 3.05) is 0 Å². The molecule has 80 valence electrons. The van der Waals surface area contributed by atoms with Crippen LogP contribution in [-0.4, -0.2) is 4.98 Å². The third-order valence-electron chi connectivity index (χ3n) is 2.83. The molecule has 0 aliphatic rings. The molecule has 0 bridgehead atoms. The third kappa shape index (κ3) is 1.65. The Kier molecular flexibility index (Phi) is 2.10. The lowest BCUT2D eigenvalue weighted by molar-refractivity contribution is 0.555. The molecular formula is C13H17NO. The fraction of sp³-hybridized carbons (Fsp3) is 0.462. The molecule has 2 heterocycles. The molecule has 2 rings (SSSR count). The predicted octanol–water partition coefficient (Wildman–Crippen LogP) is 3.74. The number of pyridine rings is 1. The van der Waals surface area contributed by atoms with E-state index in [-0.39, 0.29) is 5.41 Å². The molecular weight excluding hydrogens is 186 g/mol. The fourth-order valence-corrected chi connectivity index (χ4v) is 1.64. The molecule has 0 aromatic carbocycles. The minimum atomic E-state index is 0.0722. The molecule has 0 N–H and O–H groups in total. The van der Waals surface area contributed by atoms with Crippen LogP contribution in [0.3, 0.4) is 0 Å². The Hall–Kier alpha value is -1.31. The lowest BCUT2D eigenvalue weighted by atomic mass is 9.91. The molecule has 2 heteroatoms. The summed E-state index contributed by atoms with van der Waals surface area (Å²) in [7, 11) is 0. The van der Waals surface area contributed by atoms with Crippen LogP contribution in [0.2, 0.25) is 0 Å². The van der Waals surface area contributed by atoms with Gasteiger partial charge in [-0.25, -0.2) is 0 Å². The van der Waals surface area contributed by atoms with Gasteiger partial charge in [0.15, 0.2) is 0 Å². The average molecular weight is 203 g/mol. The summed E-state index contributed by atoms with van der Waals surface area (Å²) in [5.74, 6) is 0.984. The van der Waals surface area contributed by atoms with Gasteiger partial charge in [-0.15, -0.1) is 0 Å². The van der Waals surface area contributed by atoms with Crippen molar-refractivity contribution in [3.05, 3.63) is 29.3 Å². The number of hydrogen-bond acceptors (Lipinski definition) is 2. The van der Waals surface area contributed by atoms with Crippen LogP contribution in [-0.2, 0) is 5.41 Å². The molecule has 0 radical (unpaired) electrons. The van der Waals surface area contributed by atoms with Crippen LogP contribution in [0.15, 0.2) is 16.7 Å². The first kappa shape index (κ1) is 10.2. The molecule has 0 amide bonds. The maximum atomic E-state index is 5.69. The summed E-state index contributed by atoms with van der Waals surface area (Å²) >= 11 is 0. The second kappa shape index (κ2) is 3.09. The minimum absolute atomic E-state index is 0.0722. The summed E-state index contributed by atoms with van der Waals surface area (Å²) in [6.45, 7) is 10.5.